The number of imidazole rings is 1. The average Bonchev–Trinajstić information content (AvgIpc) is 2.80. The molecule has 0 unspecified atom stereocenters. The second-order valence-electron chi connectivity index (χ2n) is 5.83. The Morgan fingerprint density at radius 1 is 1.17 bits per heavy atom. The van der Waals surface area contributed by atoms with Gasteiger partial charge in [-0.3, -0.25) is 9.55 Å². The maximum Gasteiger partial charge on any atom is 0.334 e. The number of benzene rings is 1. The molecule has 4 rings (SSSR count). The van der Waals surface area contributed by atoms with Crippen molar-refractivity contribution < 1.29 is 0 Å². The summed E-state index contributed by atoms with van der Waals surface area (Å²) in [4.78, 5) is 21.7. The number of aromatic nitrogens is 4. The van der Waals surface area contributed by atoms with E-state index in [2.05, 4.69) is 16.0 Å². The topological polar surface area (TPSA) is 52.7 Å². The second-order valence-corrected chi connectivity index (χ2v) is 5.83. The highest BCUT2D eigenvalue weighted by molar-refractivity contribution is 6.33. The fourth-order valence-electron chi connectivity index (χ4n) is 3.02. The molecular formula is C17H15BN4O. The molecule has 0 saturated heterocycles. The van der Waals surface area contributed by atoms with Crippen LogP contribution in [0.25, 0.3) is 27.8 Å². The van der Waals surface area contributed by atoms with Crippen LogP contribution in [-0.2, 0) is 7.05 Å². The molecule has 6 heteroatoms. The van der Waals surface area contributed by atoms with Crippen molar-refractivity contribution in [1.29, 1.82) is 0 Å². The quantitative estimate of drug-likeness (QED) is 0.490. The van der Waals surface area contributed by atoms with Gasteiger partial charge in [-0.2, -0.15) is 0 Å². The van der Waals surface area contributed by atoms with E-state index in [1.807, 2.05) is 39.0 Å². The first-order valence-electron chi connectivity index (χ1n) is 7.47. The monoisotopic (exact) mass is 302 g/mol. The molecule has 0 radical (unpaired) electrons. The molecule has 112 valence electrons. The van der Waals surface area contributed by atoms with E-state index in [0.717, 1.165) is 33.0 Å². The molecule has 0 spiro atoms. The number of fused-ring (bicyclic) bond motifs is 3. The number of aryl methyl sites for hydroxylation is 2. The van der Waals surface area contributed by atoms with Crippen LogP contribution in [0.15, 0.2) is 47.5 Å². The van der Waals surface area contributed by atoms with Gasteiger partial charge >= 0.3 is 5.69 Å². The number of nitrogens with zero attached hydrogens (tertiary/aromatic N) is 4. The van der Waals surface area contributed by atoms with Crippen LogP contribution < -0.4 is 11.2 Å². The van der Waals surface area contributed by atoms with Crippen LogP contribution >= 0.6 is 0 Å². The van der Waals surface area contributed by atoms with E-state index >= 15 is 0 Å². The lowest BCUT2D eigenvalue weighted by molar-refractivity contribution is 0.830. The molecule has 0 bridgehead atoms. The van der Waals surface area contributed by atoms with Crippen molar-refractivity contribution in [3.05, 3.63) is 58.8 Å². The summed E-state index contributed by atoms with van der Waals surface area (Å²) in [7, 11) is 3.80. The third-order valence-electron chi connectivity index (χ3n) is 4.23. The zero-order chi connectivity index (χ0) is 16.1. The summed E-state index contributed by atoms with van der Waals surface area (Å²) in [5, 5.41) is 0.963. The Bertz CT molecular complexity index is 1130. The zero-order valence-electron chi connectivity index (χ0n) is 13.2. The van der Waals surface area contributed by atoms with Gasteiger partial charge < -0.3 is 0 Å². The second kappa shape index (κ2) is 4.81. The Labute approximate surface area is 133 Å². The predicted molar refractivity (Wildman–Crippen MR) is 94.5 cm³/mol. The van der Waals surface area contributed by atoms with Crippen LogP contribution in [-0.4, -0.2) is 26.9 Å². The molecule has 0 atom stereocenters. The Morgan fingerprint density at radius 2 is 2.00 bits per heavy atom. The van der Waals surface area contributed by atoms with E-state index in [1.165, 1.54) is 0 Å². The molecule has 3 heterocycles. The van der Waals surface area contributed by atoms with Gasteiger partial charge in [0.25, 0.3) is 0 Å². The number of hydrogen-bond acceptors (Lipinski definition) is 3. The summed E-state index contributed by atoms with van der Waals surface area (Å²) in [5.41, 5.74) is 4.51. The van der Waals surface area contributed by atoms with Gasteiger partial charge in [-0.05, 0) is 24.6 Å². The Morgan fingerprint density at radius 3 is 2.78 bits per heavy atom. The predicted octanol–water partition coefficient (Wildman–Crippen LogP) is 0.839. The van der Waals surface area contributed by atoms with Gasteiger partial charge in [-0.15, -0.1) is 0 Å². The van der Waals surface area contributed by atoms with Crippen molar-refractivity contribution in [1.82, 2.24) is 19.1 Å². The van der Waals surface area contributed by atoms with Gasteiger partial charge in [0.05, 0.1) is 22.7 Å². The summed E-state index contributed by atoms with van der Waals surface area (Å²) < 4.78 is 3.31. The van der Waals surface area contributed by atoms with E-state index in [1.54, 1.807) is 28.6 Å². The minimum absolute atomic E-state index is 0.113. The summed E-state index contributed by atoms with van der Waals surface area (Å²) in [6.45, 7) is 1.96. The highest BCUT2D eigenvalue weighted by Gasteiger charge is 2.17. The summed E-state index contributed by atoms with van der Waals surface area (Å²) in [6, 6.07) is 9.91. The molecular weight excluding hydrogens is 287 g/mol. The molecule has 0 saturated carbocycles. The van der Waals surface area contributed by atoms with Gasteiger partial charge in [0.2, 0.25) is 0 Å². The van der Waals surface area contributed by atoms with E-state index in [0.29, 0.717) is 5.82 Å². The Hall–Kier alpha value is -2.89. The van der Waals surface area contributed by atoms with Gasteiger partial charge in [0.15, 0.2) is 0 Å². The standard InChI is InChI=1S/C17H15BN4O/c1-10-4-3-7-19-16(10)22-15-12-8-11(18)5-6-13(12)20-9-14(15)21(2)17(22)23/h3-9H,18H2,1-2H3. The van der Waals surface area contributed by atoms with Gasteiger partial charge in [0.1, 0.15) is 13.7 Å². The summed E-state index contributed by atoms with van der Waals surface area (Å²) in [6.07, 6.45) is 3.46. The van der Waals surface area contributed by atoms with Crippen molar-refractivity contribution in [2.45, 2.75) is 6.92 Å². The highest BCUT2D eigenvalue weighted by atomic mass is 16.1. The van der Waals surface area contributed by atoms with Gasteiger partial charge in [-0.1, -0.05) is 23.7 Å². The lowest BCUT2D eigenvalue weighted by Crippen LogP contribution is -2.22. The van der Waals surface area contributed by atoms with Crippen molar-refractivity contribution in [2.24, 2.45) is 7.05 Å². The van der Waals surface area contributed by atoms with Gasteiger partial charge in [-0.25, -0.2) is 14.3 Å². The van der Waals surface area contributed by atoms with Crippen LogP contribution in [0, 0.1) is 6.92 Å². The number of hydrogen-bond donors (Lipinski definition) is 0. The first-order chi connectivity index (χ1) is 11.1. The molecule has 0 N–H and O–H groups in total. The molecule has 0 fully saturated rings. The van der Waals surface area contributed by atoms with E-state index < -0.39 is 0 Å². The Balaban J connectivity index is 2.28. The minimum Gasteiger partial charge on any atom is -0.293 e. The first-order valence-corrected chi connectivity index (χ1v) is 7.47. The summed E-state index contributed by atoms with van der Waals surface area (Å²) >= 11 is 0. The number of rotatable bonds is 1. The van der Waals surface area contributed by atoms with Crippen LogP contribution in [0.2, 0.25) is 0 Å². The molecule has 0 aliphatic heterocycles. The maximum atomic E-state index is 12.8. The molecule has 23 heavy (non-hydrogen) atoms. The summed E-state index contributed by atoms with van der Waals surface area (Å²) in [5.74, 6) is 0.664. The van der Waals surface area contributed by atoms with Crippen LogP contribution in [0.5, 0.6) is 0 Å². The van der Waals surface area contributed by atoms with Crippen LogP contribution in [0.3, 0.4) is 0 Å². The number of pyridine rings is 2. The lowest BCUT2D eigenvalue weighted by Gasteiger charge is -2.08. The van der Waals surface area contributed by atoms with Crippen molar-refractivity contribution in [3.8, 4) is 5.82 Å². The van der Waals surface area contributed by atoms with E-state index in [4.69, 9.17) is 0 Å². The molecule has 1 aromatic carbocycles. The van der Waals surface area contributed by atoms with Crippen molar-refractivity contribution in [3.63, 3.8) is 0 Å². The molecule has 3 aromatic heterocycles. The molecule has 4 aromatic rings. The maximum absolute atomic E-state index is 12.8. The minimum atomic E-state index is -0.113. The highest BCUT2D eigenvalue weighted by Crippen LogP contribution is 2.24. The lowest BCUT2D eigenvalue weighted by atomic mass is 9.94. The largest absolute Gasteiger partial charge is 0.334 e. The Kier molecular flexibility index (Phi) is 2.88. The fraction of sp³-hybridized carbons (Fsp3) is 0.118. The third kappa shape index (κ3) is 1.91. The van der Waals surface area contributed by atoms with E-state index in [9.17, 15) is 4.79 Å². The third-order valence-corrected chi connectivity index (χ3v) is 4.23. The smallest absolute Gasteiger partial charge is 0.293 e. The van der Waals surface area contributed by atoms with Crippen molar-refractivity contribution >= 4 is 35.2 Å². The molecule has 0 amide bonds. The SMILES string of the molecule is Bc1ccc2ncc3c(c2c1)n(-c1ncccc1C)c(=O)n3C. The molecule has 0 aliphatic carbocycles. The van der Waals surface area contributed by atoms with Gasteiger partial charge in [0, 0.05) is 18.6 Å². The average molecular weight is 302 g/mol. The normalized spacial score (nSPS) is 11.4. The van der Waals surface area contributed by atoms with Crippen molar-refractivity contribution in [2.75, 3.05) is 0 Å². The fourth-order valence-corrected chi connectivity index (χ4v) is 3.02. The molecule has 5 nitrogen and oxygen atoms in total. The van der Waals surface area contributed by atoms with Crippen LogP contribution in [0.1, 0.15) is 5.56 Å². The zero-order valence-corrected chi connectivity index (χ0v) is 13.2. The van der Waals surface area contributed by atoms with Crippen LogP contribution in [0.4, 0.5) is 0 Å². The molecule has 0 aliphatic rings. The first kappa shape index (κ1) is 13.8. The van der Waals surface area contributed by atoms with E-state index in [-0.39, 0.29) is 5.69 Å².